The highest BCUT2D eigenvalue weighted by Gasteiger charge is 2.28. The van der Waals surface area contributed by atoms with Gasteiger partial charge in [-0.1, -0.05) is 0 Å². The molecule has 0 saturated heterocycles. The van der Waals surface area contributed by atoms with Crippen molar-refractivity contribution in [1.82, 2.24) is 10.6 Å². The highest BCUT2D eigenvalue weighted by atomic mass is 16.4. The first-order valence-electron chi connectivity index (χ1n) is 9.02. The number of rotatable bonds is 15. The lowest BCUT2D eigenvalue weighted by atomic mass is 10.1. The van der Waals surface area contributed by atoms with E-state index in [4.69, 9.17) is 27.4 Å². The molecule has 3 atom stereocenters. The molecular weight excluding hydrogens is 404 g/mol. The lowest BCUT2D eigenvalue weighted by Crippen LogP contribution is -2.54. The SMILES string of the molecule is NC(N)=NCCCC(NC(=O)C(CCC(=O)O)NC(=O)C(N)CCC(=O)O)C(=O)O. The molecular formula is C16H28N6O8. The Morgan fingerprint density at radius 1 is 0.800 bits per heavy atom. The molecule has 14 heteroatoms. The zero-order valence-corrected chi connectivity index (χ0v) is 16.2. The molecule has 0 aromatic carbocycles. The van der Waals surface area contributed by atoms with Crippen LogP contribution < -0.4 is 27.8 Å². The third kappa shape index (κ3) is 12.1. The number of nitrogens with one attached hydrogen (secondary N) is 2. The Kier molecular flexibility index (Phi) is 12.1. The summed E-state index contributed by atoms with van der Waals surface area (Å²) in [6.45, 7) is 0.138. The van der Waals surface area contributed by atoms with Crippen LogP contribution in [-0.4, -0.2) is 75.7 Å². The van der Waals surface area contributed by atoms with Gasteiger partial charge in [0.1, 0.15) is 12.1 Å². The fraction of sp³-hybridized carbons (Fsp3) is 0.625. The highest BCUT2D eigenvalue weighted by molar-refractivity contribution is 5.92. The minimum atomic E-state index is -1.37. The molecule has 0 aromatic heterocycles. The number of nitrogens with zero attached hydrogens (tertiary/aromatic N) is 1. The molecule has 0 fully saturated rings. The summed E-state index contributed by atoms with van der Waals surface area (Å²) < 4.78 is 0. The Morgan fingerprint density at radius 2 is 1.33 bits per heavy atom. The molecule has 0 aliphatic rings. The van der Waals surface area contributed by atoms with Crippen molar-refractivity contribution in [3.8, 4) is 0 Å². The van der Waals surface area contributed by atoms with Crippen LogP contribution in [0.25, 0.3) is 0 Å². The maximum Gasteiger partial charge on any atom is 0.326 e. The summed E-state index contributed by atoms with van der Waals surface area (Å²) in [5.74, 6) is -5.67. The third-order valence-electron chi connectivity index (χ3n) is 3.85. The van der Waals surface area contributed by atoms with Gasteiger partial charge in [0.2, 0.25) is 11.8 Å². The van der Waals surface area contributed by atoms with Gasteiger partial charge in [-0.15, -0.1) is 0 Å². The standard InChI is InChI=1S/C16H28N6O8/c17-8(3-5-11(23)24)13(27)21-9(4-6-12(25)26)14(28)22-10(15(29)30)2-1-7-20-16(18)19/h8-10H,1-7,17H2,(H,21,27)(H,22,28)(H,23,24)(H,25,26)(H,29,30)(H4,18,19,20). The monoisotopic (exact) mass is 432 g/mol. The molecule has 0 heterocycles. The summed E-state index contributed by atoms with van der Waals surface area (Å²) in [6, 6.07) is -3.93. The van der Waals surface area contributed by atoms with Gasteiger partial charge in [0.25, 0.3) is 0 Å². The lowest BCUT2D eigenvalue weighted by molar-refractivity contribution is -0.143. The number of hydrogen-bond donors (Lipinski definition) is 8. The third-order valence-corrected chi connectivity index (χ3v) is 3.85. The highest BCUT2D eigenvalue weighted by Crippen LogP contribution is 2.04. The second kappa shape index (κ2) is 13.7. The van der Waals surface area contributed by atoms with Crippen molar-refractivity contribution >= 4 is 35.7 Å². The maximum atomic E-state index is 12.5. The number of carboxylic acids is 3. The zero-order chi connectivity index (χ0) is 23.3. The van der Waals surface area contributed by atoms with Crippen molar-refractivity contribution in [2.45, 2.75) is 56.7 Å². The van der Waals surface area contributed by atoms with E-state index in [9.17, 15) is 29.1 Å². The van der Waals surface area contributed by atoms with Crippen molar-refractivity contribution in [3.05, 3.63) is 0 Å². The zero-order valence-electron chi connectivity index (χ0n) is 16.2. The van der Waals surface area contributed by atoms with Crippen LogP contribution in [0.5, 0.6) is 0 Å². The molecule has 0 aromatic rings. The van der Waals surface area contributed by atoms with Crippen LogP contribution in [0, 0.1) is 0 Å². The van der Waals surface area contributed by atoms with Crippen molar-refractivity contribution < 1.29 is 39.3 Å². The number of nitrogens with two attached hydrogens (primary N) is 3. The van der Waals surface area contributed by atoms with E-state index in [1.165, 1.54) is 0 Å². The van der Waals surface area contributed by atoms with E-state index in [0.717, 1.165) is 0 Å². The van der Waals surface area contributed by atoms with Crippen LogP contribution in [0.15, 0.2) is 4.99 Å². The minimum absolute atomic E-state index is 0.0183. The summed E-state index contributed by atoms with van der Waals surface area (Å²) in [5.41, 5.74) is 15.9. The van der Waals surface area contributed by atoms with Gasteiger partial charge in [-0.3, -0.25) is 24.2 Å². The lowest BCUT2D eigenvalue weighted by Gasteiger charge is -2.22. The average molecular weight is 432 g/mol. The van der Waals surface area contributed by atoms with Crippen LogP contribution in [0.1, 0.15) is 38.5 Å². The molecule has 30 heavy (non-hydrogen) atoms. The summed E-state index contributed by atoms with van der Waals surface area (Å²) in [7, 11) is 0. The first kappa shape index (κ1) is 26.6. The topological polar surface area (TPSA) is 261 Å². The van der Waals surface area contributed by atoms with Crippen LogP contribution in [0.3, 0.4) is 0 Å². The van der Waals surface area contributed by atoms with Crippen LogP contribution in [0.2, 0.25) is 0 Å². The number of carbonyl (C=O) groups excluding carboxylic acids is 2. The van der Waals surface area contributed by atoms with Gasteiger partial charge in [-0.25, -0.2) is 4.79 Å². The van der Waals surface area contributed by atoms with E-state index in [-0.39, 0.29) is 44.6 Å². The predicted molar refractivity (Wildman–Crippen MR) is 103 cm³/mol. The number of aliphatic imine (C=N–C) groups is 1. The van der Waals surface area contributed by atoms with Crippen molar-refractivity contribution in [3.63, 3.8) is 0 Å². The molecule has 14 nitrogen and oxygen atoms in total. The van der Waals surface area contributed by atoms with Crippen molar-refractivity contribution in [2.24, 2.45) is 22.2 Å². The quantitative estimate of drug-likeness (QED) is 0.0741. The minimum Gasteiger partial charge on any atom is -0.481 e. The molecule has 0 rings (SSSR count). The van der Waals surface area contributed by atoms with E-state index in [1.54, 1.807) is 0 Å². The van der Waals surface area contributed by atoms with Crippen molar-refractivity contribution in [2.75, 3.05) is 6.54 Å². The normalized spacial score (nSPS) is 13.4. The Balaban J connectivity index is 5.05. The molecule has 0 spiro atoms. The van der Waals surface area contributed by atoms with E-state index in [0.29, 0.717) is 0 Å². The maximum absolute atomic E-state index is 12.5. The van der Waals surface area contributed by atoms with E-state index in [2.05, 4.69) is 15.6 Å². The molecule has 11 N–H and O–H groups in total. The van der Waals surface area contributed by atoms with E-state index < -0.39 is 54.3 Å². The van der Waals surface area contributed by atoms with Gasteiger partial charge in [0.15, 0.2) is 5.96 Å². The Morgan fingerprint density at radius 3 is 1.83 bits per heavy atom. The molecule has 0 saturated carbocycles. The Hall–Kier alpha value is -3.42. The van der Waals surface area contributed by atoms with Crippen molar-refractivity contribution in [1.29, 1.82) is 0 Å². The second-order valence-corrected chi connectivity index (χ2v) is 6.38. The first-order valence-corrected chi connectivity index (χ1v) is 9.02. The second-order valence-electron chi connectivity index (χ2n) is 6.38. The Bertz CT molecular complexity index is 664. The number of aliphatic carboxylic acids is 3. The first-order chi connectivity index (χ1) is 13.9. The van der Waals surface area contributed by atoms with Gasteiger partial charge in [-0.05, 0) is 25.7 Å². The van der Waals surface area contributed by atoms with Gasteiger partial charge < -0.3 is 43.2 Å². The van der Waals surface area contributed by atoms with Crippen LogP contribution >= 0.6 is 0 Å². The van der Waals surface area contributed by atoms with Gasteiger partial charge >= 0.3 is 17.9 Å². The predicted octanol–water partition coefficient (Wildman–Crippen LogP) is -2.85. The number of carboxylic acid groups (broad SMARTS) is 3. The molecule has 0 aliphatic carbocycles. The number of carbonyl (C=O) groups is 5. The largest absolute Gasteiger partial charge is 0.481 e. The Labute approximate surface area is 171 Å². The van der Waals surface area contributed by atoms with Gasteiger partial charge in [0.05, 0.1) is 6.04 Å². The summed E-state index contributed by atoms with van der Waals surface area (Å²) >= 11 is 0. The summed E-state index contributed by atoms with van der Waals surface area (Å²) in [4.78, 5) is 61.0. The molecule has 170 valence electrons. The fourth-order valence-corrected chi connectivity index (χ4v) is 2.26. The van der Waals surface area contributed by atoms with E-state index in [1.807, 2.05) is 0 Å². The molecule has 0 radical (unpaired) electrons. The fourth-order valence-electron chi connectivity index (χ4n) is 2.26. The van der Waals surface area contributed by atoms with E-state index >= 15 is 0 Å². The van der Waals surface area contributed by atoms with Crippen LogP contribution in [0.4, 0.5) is 0 Å². The molecule has 0 aliphatic heterocycles. The summed E-state index contributed by atoms with van der Waals surface area (Å²) in [5, 5.41) is 31.2. The number of amides is 2. The number of hydrogen-bond acceptors (Lipinski definition) is 7. The average Bonchev–Trinajstić information content (AvgIpc) is 2.64. The smallest absolute Gasteiger partial charge is 0.326 e. The van der Waals surface area contributed by atoms with Gasteiger partial charge in [0, 0.05) is 19.4 Å². The van der Waals surface area contributed by atoms with Gasteiger partial charge in [-0.2, -0.15) is 0 Å². The number of guanidine groups is 1. The summed E-state index contributed by atoms with van der Waals surface area (Å²) in [6.07, 6.45) is -1.16. The molecule has 0 bridgehead atoms. The van der Waals surface area contributed by atoms with Crippen LogP contribution in [-0.2, 0) is 24.0 Å². The molecule has 3 unspecified atom stereocenters. The molecule has 2 amide bonds.